The maximum atomic E-state index is 12.7. The summed E-state index contributed by atoms with van der Waals surface area (Å²) in [6.45, 7) is 12.5. The van der Waals surface area contributed by atoms with E-state index in [1.807, 2.05) is 19.9 Å². The van der Waals surface area contributed by atoms with E-state index in [9.17, 15) is 4.79 Å². The Morgan fingerprint density at radius 3 is 2.38 bits per heavy atom. The molecule has 128 valence electrons. The van der Waals surface area contributed by atoms with Gasteiger partial charge in [-0.2, -0.15) is 0 Å². The summed E-state index contributed by atoms with van der Waals surface area (Å²) < 4.78 is 0. The van der Waals surface area contributed by atoms with E-state index in [0.29, 0.717) is 5.92 Å². The molecule has 1 unspecified atom stereocenters. The monoisotopic (exact) mass is 341 g/mol. The number of hydrogen-bond donors (Lipinski definition) is 1. The smallest absolute Gasteiger partial charge is 0.237 e. The minimum absolute atomic E-state index is 0.0529. The largest absolute Gasteiger partial charge is 0.325 e. The molecule has 2 rings (SSSR count). The lowest BCUT2D eigenvalue weighted by molar-refractivity contribution is -0.115. The summed E-state index contributed by atoms with van der Waals surface area (Å²) in [5, 5.41) is 3.01. The molecule has 0 aliphatic carbocycles. The van der Waals surface area contributed by atoms with Gasteiger partial charge in [-0.25, -0.2) is 0 Å². The molecule has 0 aliphatic heterocycles. The van der Waals surface area contributed by atoms with Gasteiger partial charge in [0.1, 0.15) is 0 Å². The zero-order valence-corrected chi connectivity index (χ0v) is 16.3. The van der Waals surface area contributed by atoms with E-state index in [-0.39, 0.29) is 11.2 Å². The molecule has 1 atom stereocenters. The molecule has 0 aromatic heterocycles. The third-order valence-corrected chi connectivity index (χ3v) is 5.45. The SMILES string of the molecule is Cc1ccc(C)c(SC(C)C(=O)Nc2c(C)cccc2C(C)C)c1. The van der Waals surface area contributed by atoms with Gasteiger partial charge < -0.3 is 5.32 Å². The lowest BCUT2D eigenvalue weighted by Crippen LogP contribution is -2.23. The number of thioether (sulfide) groups is 1. The standard InChI is InChI=1S/C21H27NOS/c1-13(2)18-9-7-8-16(5)20(18)22-21(23)17(6)24-19-12-14(3)10-11-15(19)4/h7-13,17H,1-6H3,(H,22,23). The molecule has 0 fully saturated rings. The van der Waals surface area contributed by atoms with Gasteiger partial charge in [0, 0.05) is 10.6 Å². The fourth-order valence-corrected chi connectivity index (χ4v) is 3.70. The molecule has 0 bridgehead atoms. The summed E-state index contributed by atoms with van der Waals surface area (Å²) in [6.07, 6.45) is 0. The van der Waals surface area contributed by atoms with Crippen molar-refractivity contribution in [1.29, 1.82) is 0 Å². The van der Waals surface area contributed by atoms with Crippen LogP contribution in [0.1, 0.15) is 48.9 Å². The quantitative estimate of drug-likeness (QED) is 0.691. The van der Waals surface area contributed by atoms with Gasteiger partial charge in [0.25, 0.3) is 0 Å². The Morgan fingerprint density at radius 1 is 1.00 bits per heavy atom. The average molecular weight is 342 g/mol. The number of benzene rings is 2. The van der Waals surface area contributed by atoms with Gasteiger partial charge in [0.15, 0.2) is 0 Å². The van der Waals surface area contributed by atoms with Crippen LogP contribution in [0.5, 0.6) is 0 Å². The Labute approximate surface area is 150 Å². The van der Waals surface area contributed by atoms with E-state index in [2.05, 4.69) is 63.3 Å². The molecular weight excluding hydrogens is 314 g/mol. The first-order valence-electron chi connectivity index (χ1n) is 8.44. The van der Waals surface area contributed by atoms with E-state index in [0.717, 1.165) is 11.3 Å². The fourth-order valence-electron chi connectivity index (χ4n) is 2.65. The molecule has 0 saturated heterocycles. The lowest BCUT2D eigenvalue weighted by Gasteiger charge is -2.19. The van der Waals surface area contributed by atoms with Gasteiger partial charge >= 0.3 is 0 Å². The number of para-hydroxylation sites is 1. The highest BCUT2D eigenvalue weighted by Gasteiger charge is 2.18. The minimum Gasteiger partial charge on any atom is -0.325 e. The summed E-state index contributed by atoms with van der Waals surface area (Å²) in [5.74, 6) is 0.430. The van der Waals surface area contributed by atoms with E-state index in [1.165, 1.54) is 21.6 Å². The van der Waals surface area contributed by atoms with Crippen LogP contribution in [0.2, 0.25) is 0 Å². The van der Waals surface area contributed by atoms with Crippen LogP contribution in [0.4, 0.5) is 5.69 Å². The highest BCUT2D eigenvalue weighted by Crippen LogP contribution is 2.31. The summed E-state index contributed by atoms with van der Waals surface area (Å²) in [4.78, 5) is 13.9. The second-order valence-electron chi connectivity index (χ2n) is 6.71. The van der Waals surface area contributed by atoms with E-state index < -0.39 is 0 Å². The van der Waals surface area contributed by atoms with Crippen LogP contribution in [0.15, 0.2) is 41.3 Å². The van der Waals surface area contributed by atoms with Gasteiger partial charge in [-0.15, -0.1) is 11.8 Å². The minimum atomic E-state index is -0.148. The van der Waals surface area contributed by atoms with Crippen molar-refractivity contribution in [3.63, 3.8) is 0 Å². The number of carbonyl (C=O) groups excluding carboxylic acids is 1. The normalized spacial score (nSPS) is 12.3. The molecule has 0 radical (unpaired) electrons. The summed E-state index contributed by atoms with van der Waals surface area (Å²) >= 11 is 1.62. The number of hydrogen-bond acceptors (Lipinski definition) is 2. The van der Waals surface area contributed by atoms with Gasteiger partial charge in [-0.3, -0.25) is 4.79 Å². The number of carbonyl (C=O) groups is 1. The van der Waals surface area contributed by atoms with Gasteiger partial charge in [-0.1, -0.05) is 49.7 Å². The Hall–Kier alpha value is -1.74. The zero-order valence-electron chi connectivity index (χ0n) is 15.4. The molecule has 0 saturated carbocycles. The topological polar surface area (TPSA) is 29.1 Å². The number of anilines is 1. The zero-order chi connectivity index (χ0) is 17.9. The molecule has 3 heteroatoms. The van der Waals surface area contributed by atoms with Gasteiger partial charge in [0.05, 0.1) is 5.25 Å². The maximum Gasteiger partial charge on any atom is 0.237 e. The molecule has 0 heterocycles. The van der Waals surface area contributed by atoms with Crippen molar-refractivity contribution in [3.8, 4) is 0 Å². The first-order chi connectivity index (χ1) is 11.3. The van der Waals surface area contributed by atoms with Gasteiger partial charge in [-0.05, 0) is 56.4 Å². The molecule has 0 spiro atoms. The van der Waals surface area contributed by atoms with Crippen LogP contribution in [0, 0.1) is 20.8 Å². The van der Waals surface area contributed by atoms with Crippen molar-refractivity contribution in [2.24, 2.45) is 0 Å². The van der Waals surface area contributed by atoms with E-state index in [1.54, 1.807) is 11.8 Å². The molecule has 2 aromatic rings. The second-order valence-corrected chi connectivity index (χ2v) is 8.09. The Balaban J connectivity index is 2.17. The van der Waals surface area contributed by atoms with Crippen LogP contribution < -0.4 is 5.32 Å². The second kappa shape index (κ2) is 7.89. The summed E-state index contributed by atoms with van der Waals surface area (Å²) in [5.41, 5.74) is 5.69. The van der Waals surface area contributed by atoms with Gasteiger partial charge in [0.2, 0.25) is 5.91 Å². The van der Waals surface area contributed by atoms with Crippen LogP contribution in [0.3, 0.4) is 0 Å². The lowest BCUT2D eigenvalue weighted by atomic mass is 9.98. The number of nitrogens with one attached hydrogen (secondary N) is 1. The van der Waals surface area contributed by atoms with Crippen molar-refractivity contribution in [2.45, 2.75) is 57.6 Å². The van der Waals surface area contributed by atoms with Crippen molar-refractivity contribution in [3.05, 3.63) is 58.7 Å². The van der Waals surface area contributed by atoms with Crippen molar-refractivity contribution in [2.75, 3.05) is 5.32 Å². The van der Waals surface area contributed by atoms with Crippen LogP contribution >= 0.6 is 11.8 Å². The molecule has 1 N–H and O–H groups in total. The molecular formula is C21H27NOS. The average Bonchev–Trinajstić information content (AvgIpc) is 2.52. The van der Waals surface area contributed by atoms with E-state index in [4.69, 9.17) is 0 Å². The highest BCUT2D eigenvalue weighted by molar-refractivity contribution is 8.00. The third kappa shape index (κ3) is 4.41. The van der Waals surface area contributed by atoms with Crippen molar-refractivity contribution < 1.29 is 4.79 Å². The maximum absolute atomic E-state index is 12.7. The number of rotatable bonds is 5. The first-order valence-corrected chi connectivity index (χ1v) is 9.32. The number of amides is 1. The molecule has 0 aliphatic rings. The predicted octanol–water partition coefficient (Wildman–Crippen LogP) is 5.85. The molecule has 24 heavy (non-hydrogen) atoms. The van der Waals surface area contributed by atoms with Crippen molar-refractivity contribution in [1.82, 2.24) is 0 Å². The number of aryl methyl sites for hydroxylation is 3. The Morgan fingerprint density at radius 2 is 1.71 bits per heavy atom. The van der Waals surface area contributed by atoms with Crippen LogP contribution in [-0.4, -0.2) is 11.2 Å². The first kappa shape index (κ1) is 18.6. The fraction of sp³-hybridized carbons (Fsp3) is 0.381. The molecule has 2 aromatic carbocycles. The molecule has 2 nitrogen and oxygen atoms in total. The Kier molecular flexibility index (Phi) is 6.11. The summed E-state index contributed by atoms with van der Waals surface area (Å²) in [7, 11) is 0. The Bertz CT molecular complexity index is 737. The van der Waals surface area contributed by atoms with Crippen molar-refractivity contribution >= 4 is 23.4 Å². The molecule has 1 amide bonds. The third-order valence-electron chi connectivity index (χ3n) is 4.19. The van der Waals surface area contributed by atoms with E-state index >= 15 is 0 Å². The van der Waals surface area contributed by atoms with Crippen LogP contribution in [0.25, 0.3) is 0 Å². The predicted molar refractivity (Wildman–Crippen MR) is 105 cm³/mol. The summed E-state index contributed by atoms with van der Waals surface area (Å²) in [6, 6.07) is 12.6. The van der Waals surface area contributed by atoms with Crippen LogP contribution in [-0.2, 0) is 4.79 Å². The highest BCUT2D eigenvalue weighted by atomic mass is 32.2.